The molecule has 0 bridgehead atoms. The average molecular weight is 202 g/mol. The van der Waals surface area contributed by atoms with Crippen LogP contribution in [0.4, 0.5) is 0 Å². The molecular formula is C11H26N2O. The maximum Gasteiger partial charge on any atom is 0.0477 e. The minimum absolute atomic E-state index is 0.240. The van der Waals surface area contributed by atoms with Crippen molar-refractivity contribution in [2.45, 2.75) is 45.7 Å². The predicted molar refractivity (Wildman–Crippen MR) is 61.5 cm³/mol. The van der Waals surface area contributed by atoms with Crippen LogP contribution in [0.15, 0.2) is 0 Å². The van der Waals surface area contributed by atoms with Crippen LogP contribution in [-0.4, -0.2) is 43.8 Å². The third-order valence-electron chi connectivity index (χ3n) is 2.40. The summed E-state index contributed by atoms with van der Waals surface area (Å²) in [6.07, 6.45) is 2.14. The molecule has 0 aromatic heterocycles. The minimum atomic E-state index is 0.240. The maximum absolute atomic E-state index is 6.01. The van der Waals surface area contributed by atoms with Crippen molar-refractivity contribution in [3.63, 3.8) is 0 Å². The number of methoxy groups -OCH3 is 1. The van der Waals surface area contributed by atoms with Crippen LogP contribution in [-0.2, 0) is 4.74 Å². The molecule has 0 aromatic rings. The summed E-state index contributed by atoms with van der Waals surface area (Å²) in [6, 6.07) is 0.826. The highest BCUT2D eigenvalue weighted by Crippen LogP contribution is 2.02. The molecule has 86 valence electrons. The third kappa shape index (κ3) is 6.35. The molecule has 3 heteroatoms. The van der Waals surface area contributed by atoms with Crippen molar-refractivity contribution in [3.8, 4) is 0 Å². The van der Waals surface area contributed by atoms with E-state index in [1.165, 1.54) is 6.42 Å². The topological polar surface area (TPSA) is 38.5 Å². The predicted octanol–water partition coefficient (Wildman–Crippen LogP) is 1.47. The Morgan fingerprint density at radius 1 is 1.36 bits per heavy atom. The van der Waals surface area contributed by atoms with E-state index in [0.29, 0.717) is 6.04 Å². The first-order valence-electron chi connectivity index (χ1n) is 5.60. The molecule has 0 aromatic carbocycles. The SMILES string of the molecule is CCCN(CC(N)CCOC)C(C)C. The van der Waals surface area contributed by atoms with Crippen molar-refractivity contribution < 1.29 is 4.74 Å². The van der Waals surface area contributed by atoms with E-state index in [2.05, 4.69) is 25.7 Å². The second-order valence-electron chi connectivity index (χ2n) is 4.13. The Bertz CT molecular complexity index is 128. The van der Waals surface area contributed by atoms with Gasteiger partial charge in [0.05, 0.1) is 0 Å². The summed E-state index contributed by atoms with van der Waals surface area (Å²) in [6.45, 7) is 9.53. The smallest absolute Gasteiger partial charge is 0.0477 e. The average Bonchev–Trinajstić information content (AvgIpc) is 2.14. The number of nitrogens with zero attached hydrogens (tertiary/aromatic N) is 1. The van der Waals surface area contributed by atoms with Crippen LogP contribution >= 0.6 is 0 Å². The number of hydrogen-bond donors (Lipinski definition) is 1. The van der Waals surface area contributed by atoms with E-state index in [1.807, 2.05) is 0 Å². The summed E-state index contributed by atoms with van der Waals surface area (Å²) in [4.78, 5) is 2.43. The fourth-order valence-electron chi connectivity index (χ4n) is 1.51. The van der Waals surface area contributed by atoms with Gasteiger partial charge in [0.2, 0.25) is 0 Å². The first kappa shape index (κ1) is 13.9. The molecule has 2 N–H and O–H groups in total. The molecule has 0 fully saturated rings. The Morgan fingerprint density at radius 3 is 2.43 bits per heavy atom. The lowest BCUT2D eigenvalue weighted by molar-refractivity contribution is 0.163. The van der Waals surface area contributed by atoms with Crippen molar-refractivity contribution in [1.29, 1.82) is 0 Å². The summed E-state index contributed by atoms with van der Waals surface area (Å²) < 4.78 is 5.02. The molecule has 1 atom stereocenters. The highest BCUT2D eigenvalue weighted by atomic mass is 16.5. The van der Waals surface area contributed by atoms with E-state index in [9.17, 15) is 0 Å². The second-order valence-corrected chi connectivity index (χ2v) is 4.13. The van der Waals surface area contributed by atoms with Gasteiger partial charge in [-0.05, 0) is 33.2 Å². The van der Waals surface area contributed by atoms with E-state index in [1.54, 1.807) is 7.11 Å². The van der Waals surface area contributed by atoms with E-state index < -0.39 is 0 Å². The van der Waals surface area contributed by atoms with Gasteiger partial charge in [0.25, 0.3) is 0 Å². The molecule has 14 heavy (non-hydrogen) atoms. The molecule has 0 aliphatic carbocycles. The molecule has 0 amide bonds. The zero-order valence-electron chi connectivity index (χ0n) is 10.1. The van der Waals surface area contributed by atoms with Crippen molar-refractivity contribution in [2.75, 3.05) is 26.8 Å². The molecule has 0 radical (unpaired) electrons. The molecule has 0 rings (SSSR count). The lowest BCUT2D eigenvalue weighted by Gasteiger charge is -2.28. The van der Waals surface area contributed by atoms with Crippen molar-refractivity contribution in [2.24, 2.45) is 5.73 Å². The van der Waals surface area contributed by atoms with Crippen LogP contribution in [0.25, 0.3) is 0 Å². The standard InChI is InChI=1S/C11H26N2O/c1-5-7-13(10(2)3)9-11(12)6-8-14-4/h10-11H,5-9,12H2,1-4H3. The van der Waals surface area contributed by atoms with Crippen LogP contribution in [0.1, 0.15) is 33.6 Å². The van der Waals surface area contributed by atoms with Crippen LogP contribution in [0.5, 0.6) is 0 Å². The van der Waals surface area contributed by atoms with Crippen molar-refractivity contribution >= 4 is 0 Å². The largest absolute Gasteiger partial charge is 0.385 e. The van der Waals surface area contributed by atoms with Gasteiger partial charge >= 0.3 is 0 Å². The molecule has 0 saturated carbocycles. The molecule has 1 unspecified atom stereocenters. The molecule has 3 nitrogen and oxygen atoms in total. The van der Waals surface area contributed by atoms with Crippen molar-refractivity contribution in [3.05, 3.63) is 0 Å². The first-order valence-corrected chi connectivity index (χ1v) is 5.60. The quantitative estimate of drug-likeness (QED) is 0.648. The van der Waals surface area contributed by atoms with Crippen LogP contribution < -0.4 is 5.73 Å². The Morgan fingerprint density at radius 2 is 2.00 bits per heavy atom. The number of hydrogen-bond acceptors (Lipinski definition) is 3. The first-order chi connectivity index (χ1) is 6.61. The molecule has 0 aliphatic heterocycles. The Hall–Kier alpha value is -0.120. The lowest BCUT2D eigenvalue weighted by atomic mass is 10.2. The second kappa shape index (κ2) is 8.21. The fraction of sp³-hybridized carbons (Fsp3) is 1.00. The van der Waals surface area contributed by atoms with Gasteiger partial charge in [0, 0.05) is 32.3 Å². The Labute approximate surface area is 88.6 Å². The van der Waals surface area contributed by atoms with E-state index in [-0.39, 0.29) is 6.04 Å². The van der Waals surface area contributed by atoms with Gasteiger partial charge in [0.15, 0.2) is 0 Å². The van der Waals surface area contributed by atoms with E-state index >= 15 is 0 Å². The van der Waals surface area contributed by atoms with Gasteiger partial charge in [-0.15, -0.1) is 0 Å². The summed E-state index contributed by atoms with van der Waals surface area (Å²) in [5.41, 5.74) is 6.01. The Balaban J connectivity index is 3.77. The number of nitrogens with two attached hydrogens (primary N) is 1. The van der Waals surface area contributed by atoms with Crippen LogP contribution in [0.3, 0.4) is 0 Å². The summed E-state index contributed by atoms with van der Waals surface area (Å²) in [7, 11) is 1.72. The fourth-order valence-corrected chi connectivity index (χ4v) is 1.51. The third-order valence-corrected chi connectivity index (χ3v) is 2.40. The molecular weight excluding hydrogens is 176 g/mol. The van der Waals surface area contributed by atoms with E-state index in [0.717, 1.165) is 26.1 Å². The lowest BCUT2D eigenvalue weighted by Crippen LogP contribution is -2.42. The summed E-state index contributed by atoms with van der Waals surface area (Å²) in [5, 5.41) is 0. The zero-order chi connectivity index (χ0) is 11.0. The molecule has 0 aliphatic rings. The molecule has 0 heterocycles. The Kier molecular flexibility index (Phi) is 8.14. The van der Waals surface area contributed by atoms with Crippen LogP contribution in [0, 0.1) is 0 Å². The normalized spacial score (nSPS) is 13.9. The molecule has 0 spiro atoms. The summed E-state index contributed by atoms with van der Waals surface area (Å²) in [5.74, 6) is 0. The number of ether oxygens (including phenoxy) is 1. The highest BCUT2D eigenvalue weighted by Gasteiger charge is 2.12. The molecule has 0 saturated heterocycles. The van der Waals surface area contributed by atoms with E-state index in [4.69, 9.17) is 10.5 Å². The maximum atomic E-state index is 6.01. The number of rotatable bonds is 8. The minimum Gasteiger partial charge on any atom is -0.385 e. The van der Waals surface area contributed by atoms with Gasteiger partial charge in [-0.3, -0.25) is 4.90 Å². The van der Waals surface area contributed by atoms with Gasteiger partial charge in [0.1, 0.15) is 0 Å². The van der Waals surface area contributed by atoms with Crippen molar-refractivity contribution in [1.82, 2.24) is 4.90 Å². The van der Waals surface area contributed by atoms with Gasteiger partial charge in [-0.25, -0.2) is 0 Å². The van der Waals surface area contributed by atoms with Crippen LogP contribution in [0.2, 0.25) is 0 Å². The highest BCUT2D eigenvalue weighted by molar-refractivity contribution is 4.70. The van der Waals surface area contributed by atoms with Gasteiger partial charge in [-0.1, -0.05) is 6.92 Å². The summed E-state index contributed by atoms with van der Waals surface area (Å²) >= 11 is 0. The monoisotopic (exact) mass is 202 g/mol. The zero-order valence-corrected chi connectivity index (χ0v) is 10.1. The van der Waals surface area contributed by atoms with Gasteiger partial charge in [-0.2, -0.15) is 0 Å². The van der Waals surface area contributed by atoms with Gasteiger partial charge < -0.3 is 10.5 Å².